The maximum absolute atomic E-state index is 9.76. The number of aliphatic hydroxyl groups is 1. The van der Waals surface area contributed by atoms with Crippen molar-refractivity contribution in [2.24, 2.45) is 0 Å². The van der Waals surface area contributed by atoms with Gasteiger partial charge >= 0.3 is 0 Å². The summed E-state index contributed by atoms with van der Waals surface area (Å²) >= 11 is 0. The van der Waals surface area contributed by atoms with Crippen molar-refractivity contribution in [2.45, 2.75) is 56.7 Å². The molecule has 3 atom stereocenters. The summed E-state index contributed by atoms with van der Waals surface area (Å²) in [6.45, 7) is 3.87. The molecule has 1 aliphatic carbocycles. The lowest BCUT2D eigenvalue weighted by Crippen LogP contribution is -2.52. The molecule has 0 aromatic carbocycles. The van der Waals surface area contributed by atoms with Gasteiger partial charge in [0.2, 0.25) is 0 Å². The number of nitrogens with one attached hydrogen (secondary N) is 1. The van der Waals surface area contributed by atoms with Gasteiger partial charge in [-0.1, -0.05) is 6.92 Å². The summed E-state index contributed by atoms with van der Waals surface area (Å²) in [6.07, 6.45) is 5.27. The van der Waals surface area contributed by atoms with E-state index in [0.29, 0.717) is 6.04 Å². The highest BCUT2D eigenvalue weighted by atomic mass is 16.5. The number of rotatable bonds is 3. The summed E-state index contributed by atoms with van der Waals surface area (Å²) in [5.74, 6) is 0. The van der Waals surface area contributed by atoms with Crippen LogP contribution in [0.25, 0.3) is 0 Å². The first-order valence-corrected chi connectivity index (χ1v) is 5.79. The second kappa shape index (κ2) is 4.17. The zero-order valence-electron chi connectivity index (χ0n) is 8.96. The molecule has 2 aliphatic rings. The molecule has 2 N–H and O–H groups in total. The number of hydrogen-bond acceptors (Lipinski definition) is 3. The van der Waals surface area contributed by atoms with E-state index >= 15 is 0 Å². The van der Waals surface area contributed by atoms with Crippen molar-refractivity contribution >= 4 is 0 Å². The molecule has 0 radical (unpaired) electrons. The van der Waals surface area contributed by atoms with Crippen molar-refractivity contribution in [3.05, 3.63) is 0 Å². The number of ether oxygens (including phenoxy) is 1. The Morgan fingerprint density at radius 2 is 2.36 bits per heavy atom. The summed E-state index contributed by atoms with van der Waals surface area (Å²) in [7, 11) is 0. The van der Waals surface area contributed by atoms with Crippen LogP contribution in [0.2, 0.25) is 0 Å². The van der Waals surface area contributed by atoms with Crippen LogP contribution in [0.1, 0.15) is 39.0 Å². The molecule has 0 bridgehead atoms. The van der Waals surface area contributed by atoms with Crippen LogP contribution in [0, 0.1) is 0 Å². The second-order valence-corrected chi connectivity index (χ2v) is 4.69. The Balaban J connectivity index is 1.93. The lowest BCUT2D eigenvalue weighted by atomic mass is 9.93. The minimum atomic E-state index is -0.140. The molecule has 2 fully saturated rings. The predicted octanol–water partition coefficient (Wildman–Crippen LogP) is 1.06. The molecule has 1 aliphatic heterocycles. The number of hydrogen-bond donors (Lipinski definition) is 2. The molecular formula is C11H21NO2. The Hall–Kier alpha value is -0.120. The molecule has 0 aromatic rings. The average molecular weight is 199 g/mol. The number of aliphatic hydroxyl groups excluding tert-OH is 1. The molecule has 1 heterocycles. The van der Waals surface area contributed by atoms with Crippen LogP contribution in [0.3, 0.4) is 0 Å². The maximum atomic E-state index is 9.76. The lowest BCUT2D eigenvalue weighted by molar-refractivity contribution is 0.111. The van der Waals surface area contributed by atoms with Gasteiger partial charge < -0.3 is 15.2 Å². The molecule has 0 spiro atoms. The molecule has 1 saturated carbocycles. The van der Waals surface area contributed by atoms with Gasteiger partial charge in [-0.15, -0.1) is 0 Å². The Morgan fingerprint density at radius 3 is 2.86 bits per heavy atom. The van der Waals surface area contributed by atoms with Crippen LogP contribution in [-0.4, -0.2) is 36.0 Å². The highest BCUT2D eigenvalue weighted by Gasteiger charge is 2.37. The summed E-state index contributed by atoms with van der Waals surface area (Å²) in [5, 5.41) is 13.4. The molecular weight excluding hydrogens is 178 g/mol. The smallest absolute Gasteiger partial charge is 0.0693 e. The van der Waals surface area contributed by atoms with Crippen molar-refractivity contribution in [1.82, 2.24) is 5.32 Å². The molecule has 0 amide bonds. The minimum Gasteiger partial charge on any atom is -0.392 e. The minimum absolute atomic E-state index is 0.140. The largest absolute Gasteiger partial charge is 0.392 e. The van der Waals surface area contributed by atoms with Crippen LogP contribution in [-0.2, 0) is 4.74 Å². The topological polar surface area (TPSA) is 41.5 Å². The molecule has 1 unspecified atom stereocenters. The average Bonchev–Trinajstić information content (AvgIpc) is 2.79. The van der Waals surface area contributed by atoms with Gasteiger partial charge in [0.05, 0.1) is 12.7 Å². The predicted molar refractivity (Wildman–Crippen MR) is 55.2 cm³/mol. The van der Waals surface area contributed by atoms with E-state index in [9.17, 15) is 5.11 Å². The molecule has 2 rings (SSSR count). The zero-order chi connectivity index (χ0) is 10.0. The Morgan fingerprint density at radius 1 is 1.50 bits per heavy atom. The molecule has 3 nitrogen and oxygen atoms in total. The van der Waals surface area contributed by atoms with Gasteiger partial charge in [0.15, 0.2) is 0 Å². The lowest BCUT2D eigenvalue weighted by Gasteiger charge is -2.32. The molecule has 3 heteroatoms. The highest BCUT2D eigenvalue weighted by molar-refractivity contribution is 4.96. The first-order chi connectivity index (χ1) is 6.76. The van der Waals surface area contributed by atoms with E-state index in [1.165, 1.54) is 0 Å². The second-order valence-electron chi connectivity index (χ2n) is 4.69. The van der Waals surface area contributed by atoms with Gasteiger partial charge in [-0.3, -0.25) is 0 Å². The zero-order valence-corrected chi connectivity index (χ0v) is 8.96. The van der Waals surface area contributed by atoms with Crippen LogP contribution in [0.15, 0.2) is 0 Å². The van der Waals surface area contributed by atoms with Crippen molar-refractivity contribution in [1.29, 1.82) is 0 Å². The van der Waals surface area contributed by atoms with E-state index in [1.807, 2.05) is 0 Å². The third kappa shape index (κ3) is 1.95. The van der Waals surface area contributed by atoms with E-state index in [0.717, 1.165) is 45.3 Å². The van der Waals surface area contributed by atoms with Gasteiger partial charge in [0.1, 0.15) is 0 Å². The summed E-state index contributed by atoms with van der Waals surface area (Å²) in [5.41, 5.74) is 0.149. The highest BCUT2D eigenvalue weighted by Crippen LogP contribution is 2.27. The van der Waals surface area contributed by atoms with E-state index in [2.05, 4.69) is 12.2 Å². The standard InChI is InChI=1S/C11H21NO2/c1-2-11(6-7-14-8-11)12-9-4-3-5-10(9)13/h9-10,12-13H,2-8H2,1H3/t9-,10-,11?/m0/s1. The normalized spacial score (nSPS) is 43.3. The Bertz CT molecular complexity index is 190. The molecule has 14 heavy (non-hydrogen) atoms. The van der Waals surface area contributed by atoms with E-state index in [-0.39, 0.29) is 11.6 Å². The van der Waals surface area contributed by atoms with Gasteiger partial charge in [0.25, 0.3) is 0 Å². The van der Waals surface area contributed by atoms with Gasteiger partial charge in [-0.05, 0) is 32.1 Å². The summed E-state index contributed by atoms with van der Waals surface area (Å²) < 4.78 is 5.45. The monoisotopic (exact) mass is 199 g/mol. The fourth-order valence-electron chi connectivity index (χ4n) is 2.60. The van der Waals surface area contributed by atoms with Crippen LogP contribution in [0.5, 0.6) is 0 Å². The fourth-order valence-corrected chi connectivity index (χ4v) is 2.60. The van der Waals surface area contributed by atoms with Crippen molar-refractivity contribution in [3.63, 3.8) is 0 Å². The molecule has 82 valence electrons. The van der Waals surface area contributed by atoms with Crippen molar-refractivity contribution < 1.29 is 9.84 Å². The molecule has 0 aromatic heterocycles. The maximum Gasteiger partial charge on any atom is 0.0693 e. The van der Waals surface area contributed by atoms with Gasteiger partial charge in [-0.25, -0.2) is 0 Å². The van der Waals surface area contributed by atoms with Crippen LogP contribution >= 0.6 is 0 Å². The summed E-state index contributed by atoms with van der Waals surface area (Å²) in [6, 6.07) is 0.302. The third-order valence-corrected chi connectivity index (χ3v) is 3.75. The fraction of sp³-hybridized carbons (Fsp3) is 1.00. The SMILES string of the molecule is CCC1(N[C@H]2CCC[C@@H]2O)CCOC1. The van der Waals surface area contributed by atoms with Crippen molar-refractivity contribution in [3.8, 4) is 0 Å². The quantitative estimate of drug-likeness (QED) is 0.714. The Labute approximate surface area is 85.8 Å². The Kier molecular flexibility index (Phi) is 3.10. The molecule has 1 saturated heterocycles. The first-order valence-electron chi connectivity index (χ1n) is 5.79. The van der Waals surface area contributed by atoms with Gasteiger partial charge in [-0.2, -0.15) is 0 Å². The van der Waals surface area contributed by atoms with Crippen molar-refractivity contribution in [2.75, 3.05) is 13.2 Å². The van der Waals surface area contributed by atoms with Crippen LogP contribution in [0.4, 0.5) is 0 Å². The van der Waals surface area contributed by atoms with Crippen LogP contribution < -0.4 is 5.32 Å². The van der Waals surface area contributed by atoms with E-state index in [1.54, 1.807) is 0 Å². The van der Waals surface area contributed by atoms with E-state index < -0.39 is 0 Å². The third-order valence-electron chi connectivity index (χ3n) is 3.75. The first kappa shape index (κ1) is 10.4. The summed E-state index contributed by atoms with van der Waals surface area (Å²) in [4.78, 5) is 0. The van der Waals surface area contributed by atoms with Gasteiger partial charge in [0, 0.05) is 18.2 Å². The van der Waals surface area contributed by atoms with E-state index in [4.69, 9.17) is 4.74 Å².